The average molecular weight is 757 g/mol. The van der Waals surface area contributed by atoms with E-state index in [1.54, 1.807) is 0 Å². The van der Waals surface area contributed by atoms with Gasteiger partial charge in [0.2, 0.25) is 0 Å². The summed E-state index contributed by atoms with van der Waals surface area (Å²) in [6.45, 7) is 4.00. The second-order valence-corrected chi connectivity index (χ2v) is 15.2. The van der Waals surface area contributed by atoms with Gasteiger partial charge in [0.15, 0.2) is 0 Å². The van der Waals surface area contributed by atoms with E-state index in [0.29, 0.717) is 17.8 Å². The maximum Gasteiger partial charge on any atom is 0.119 e. The van der Waals surface area contributed by atoms with Gasteiger partial charge in [-0.2, -0.15) is 0 Å². The molecule has 8 aromatic carbocycles. The molecular formula is C53H36N6. The van der Waals surface area contributed by atoms with Crippen LogP contribution in [0.5, 0.6) is 0 Å². The van der Waals surface area contributed by atoms with E-state index in [-0.39, 0.29) is 0 Å². The van der Waals surface area contributed by atoms with Gasteiger partial charge >= 0.3 is 0 Å². The zero-order chi connectivity index (χ0) is 39.2. The van der Waals surface area contributed by atoms with Crippen LogP contribution in [0, 0.1) is 0 Å². The number of hydrogen-bond acceptors (Lipinski definition) is 6. The highest BCUT2D eigenvalue weighted by molar-refractivity contribution is 6.25. The van der Waals surface area contributed by atoms with Crippen LogP contribution in [0.3, 0.4) is 0 Å². The first-order valence-electron chi connectivity index (χ1n) is 20.6. The van der Waals surface area contributed by atoms with Crippen molar-refractivity contribution in [1.29, 1.82) is 0 Å². The van der Waals surface area contributed by atoms with Gasteiger partial charge in [0.25, 0.3) is 0 Å². The molecule has 59 heavy (non-hydrogen) atoms. The molecule has 0 atom stereocenters. The van der Waals surface area contributed by atoms with Crippen LogP contribution in [0.25, 0.3) is 116 Å². The predicted octanol–water partition coefficient (Wildman–Crippen LogP) is 13.1. The molecule has 0 N–H and O–H groups in total. The fraction of sp³-hybridized carbons (Fsp3) is 0.0943. The van der Waals surface area contributed by atoms with Gasteiger partial charge in [0.1, 0.15) is 22.8 Å². The average Bonchev–Trinajstić information content (AvgIpc) is 3.41. The molecule has 0 saturated carbocycles. The molecule has 13 rings (SSSR count). The highest BCUT2D eigenvalue weighted by atomic mass is 15.0. The van der Waals surface area contributed by atoms with Crippen LogP contribution in [-0.2, 0) is 12.8 Å². The molecule has 6 nitrogen and oxygen atoms in total. The maximum atomic E-state index is 5.68. The van der Waals surface area contributed by atoms with Crippen molar-refractivity contribution in [2.75, 3.05) is 0 Å². The van der Waals surface area contributed by atoms with E-state index in [2.05, 4.69) is 146 Å². The lowest BCUT2D eigenvalue weighted by Crippen LogP contribution is -2.05. The zero-order valence-corrected chi connectivity index (χ0v) is 32.7. The van der Waals surface area contributed by atoms with Gasteiger partial charge in [-0.1, -0.05) is 159 Å². The van der Waals surface area contributed by atoms with E-state index < -0.39 is 0 Å². The molecule has 6 heteroatoms. The number of aryl methyl sites for hydroxylation is 1. The Morgan fingerprint density at radius 2 is 0.712 bits per heavy atom. The maximum absolute atomic E-state index is 5.68. The molecule has 3 aromatic heterocycles. The molecule has 0 fully saturated rings. The van der Waals surface area contributed by atoms with Gasteiger partial charge in [-0.25, -0.2) is 29.9 Å². The van der Waals surface area contributed by atoms with Crippen molar-refractivity contribution in [2.24, 2.45) is 0 Å². The van der Waals surface area contributed by atoms with Crippen LogP contribution in [0.2, 0.25) is 0 Å². The predicted molar refractivity (Wildman–Crippen MR) is 245 cm³/mol. The standard InChI is InChI=1S/C51H30N6.C2H6/c1-2-4-21-36-28(15-3-1)29-16-5-10-22-34(29)42-44(36)54-48-40(52-42)27-41-49(55-45-37-24-12-7-18-31(37)30-17-6-11-23-35(30)43(45)53-41)51-50(48)56-46-38-25-13-8-19-32(38)33-20-9-14-26-39(33)47(46)57-51;1-2/h1-3,5-20,22-26H,4,21,27H2;1-2H3/b2-1?,15-3-;. The van der Waals surface area contributed by atoms with Crippen LogP contribution >= 0.6 is 0 Å². The van der Waals surface area contributed by atoms with E-state index in [0.717, 1.165) is 117 Å². The van der Waals surface area contributed by atoms with Gasteiger partial charge in [-0.3, -0.25) is 0 Å². The minimum absolute atomic E-state index is 0.432. The van der Waals surface area contributed by atoms with E-state index in [4.69, 9.17) is 29.9 Å². The van der Waals surface area contributed by atoms with Crippen molar-refractivity contribution in [3.8, 4) is 22.8 Å². The summed E-state index contributed by atoms with van der Waals surface area (Å²) in [7, 11) is 0. The number of hydrogen-bond donors (Lipinski definition) is 0. The summed E-state index contributed by atoms with van der Waals surface area (Å²) < 4.78 is 0. The van der Waals surface area contributed by atoms with Crippen molar-refractivity contribution in [2.45, 2.75) is 33.1 Å². The van der Waals surface area contributed by atoms with Crippen molar-refractivity contribution >= 4 is 93.0 Å². The lowest BCUT2D eigenvalue weighted by Gasteiger charge is -2.17. The Labute approximate surface area is 339 Å². The van der Waals surface area contributed by atoms with Crippen LogP contribution in [-0.4, -0.2) is 29.9 Å². The molecule has 0 bridgehead atoms. The molecular weight excluding hydrogens is 721 g/mol. The number of nitrogens with zero attached hydrogens (tertiary/aromatic N) is 6. The fourth-order valence-electron chi connectivity index (χ4n) is 9.55. The summed E-state index contributed by atoms with van der Waals surface area (Å²) in [6, 6.07) is 42.6. The highest BCUT2D eigenvalue weighted by Crippen LogP contribution is 2.44. The van der Waals surface area contributed by atoms with E-state index in [9.17, 15) is 0 Å². The molecule has 0 saturated heterocycles. The van der Waals surface area contributed by atoms with E-state index in [1.165, 1.54) is 16.5 Å². The Morgan fingerprint density at radius 3 is 1.19 bits per heavy atom. The normalized spacial score (nSPS) is 13.8. The summed E-state index contributed by atoms with van der Waals surface area (Å²) in [6.07, 6.45) is 10.9. The highest BCUT2D eigenvalue weighted by Gasteiger charge is 2.31. The van der Waals surface area contributed by atoms with Crippen LogP contribution < -0.4 is 0 Å². The van der Waals surface area contributed by atoms with Crippen molar-refractivity contribution < 1.29 is 0 Å². The number of allylic oxidation sites excluding steroid dienone is 3. The summed E-state index contributed by atoms with van der Waals surface area (Å²) >= 11 is 0. The minimum Gasteiger partial charge on any atom is -0.248 e. The molecule has 2 aliphatic carbocycles. The molecule has 3 heterocycles. The van der Waals surface area contributed by atoms with Crippen LogP contribution in [0.4, 0.5) is 0 Å². The molecule has 278 valence electrons. The van der Waals surface area contributed by atoms with Gasteiger partial charge in [0.05, 0.1) is 44.5 Å². The number of fused-ring (bicyclic) bond motifs is 23. The summed E-state index contributed by atoms with van der Waals surface area (Å²) in [5, 5.41) is 11.1. The summed E-state index contributed by atoms with van der Waals surface area (Å²) in [5.74, 6) is 0. The van der Waals surface area contributed by atoms with Crippen LogP contribution in [0.1, 0.15) is 42.8 Å². The Morgan fingerprint density at radius 1 is 0.356 bits per heavy atom. The zero-order valence-electron chi connectivity index (χ0n) is 32.7. The number of rotatable bonds is 0. The molecule has 0 radical (unpaired) electrons. The molecule has 0 spiro atoms. The van der Waals surface area contributed by atoms with Gasteiger partial charge in [0, 0.05) is 33.4 Å². The van der Waals surface area contributed by atoms with Crippen molar-refractivity contribution in [1.82, 2.24) is 29.9 Å². The largest absolute Gasteiger partial charge is 0.248 e. The topological polar surface area (TPSA) is 77.3 Å². The summed E-state index contributed by atoms with van der Waals surface area (Å²) in [5.41, 5.74) is 12.1. The Kier molecular flexibility index (Phi) is 7.45. The first-order chi connectivity index (χ1) is 29.3. The van der Waals surface area contributed by atoms with Crippen molar-refractivity contribution in [3.63, 3.8) is 0 Å². The monoisotopic (exact) mass is 756 g/mol. The first-order valence-corrected chi connectivity index (χ1v) is 20.6. The molecule has 11 aromatic rings. The third-order valence-electron chi connectivity index (χ3n) is 12.1. The quantitative estimate of drug-likeness (QED) is 0.143. The van der Waals surface area contributed by atoms with E-state index >= 15 is 0 Å². The Balaban J connectivity index is 0.00000186. The van der Waals surface area contributed by atoms with Crippen LogP contribution in [0.15, 0.2) is 140 Å². The van der Waals surface area contributed by atoms with Gasteiger partial charge in [-0.05, 0) is 50.9 Å². The lowest BCUT2D eigenvalue weighted by atomic mass is 9.92. The number of aromatic nitrogens is 6. The van der Waals surface area contributed by atoms with Gasteiger partial charge < -0.3 is 0 Å². The minimum atomic E-state index is 0.432. The van der Waals surface area contributed by atoms with E-state index in [1.807, 2.05) is 13.8 Å². The smallest absolute Gasteiger partial charge is 0.119 e. The fourth-order valence-corrected chi connectivity index (χ4v) is 9.55. The third-order valence-corrected chi connectivity index (χ3v) is 12.1. The molecule has 0 unspecified atom stereocenters. The lowest BCUT2D eigenvalue weighted by molar-refractivity contribution is 0.993. The Bertz CT molecular complexity index is 3680. The molecule has 2 aliphatic rings. The SMILES string of the molecule is C1=CCCc2c(c3ccccc3c3nc4c(nc23)-c2nc3c5ccccc5c5ccccc5c3nc2-c2nc3c5ccccc5c5ccccc5c3nc2C4)/C=C\1.CC. The second-order valence-electron chi connectivity index (χ2n) is 15.2. The second kappa shape index (κ2) is 13.0. The Hall–Kier alpha value is -7.44. The number of benzene rings is 8. The molecule has 0 aliphatic heterocycles. The molecule has 0 amide bonds. The third kappa shape index (κ3) is 4.86. The van der Waals surface area contributed by atoms with Crippen molar-refractivity contribution in [3.05, 3.63) is 162 Å². The summed E-state index contributed by atoms with van der Waals surface area (Å²) in [4.78, 5) is 33.7. The van der Waals surface area contributed by atoms with Gasteiger partial charge in [-0.15, -0.1) is 0 Å². The first kappa shape index (κ1) is 33.7.